The summed E-state index contributed by atoms with van der Waals surface area (Å²) in [5, 5.41) is 2.59. The first-order valence-electron chi connectivity index (χ1n) is 8.10. The number of amides is 3. The summed E-state index contributed by atoms with van der Waals surface area (Å²) in [6, 6.07) is 9.17. The Balaban J connectivity index is 1.47. The van der Waals surface area contributed by atoms with Crippen molar-refractivity contribution >= 4 is 34.2 Å². The Labute approximate surface area is 161 Å². The molecule has 1 N–H and O–H groups in total. The topological polar surface area (TPSA) is 79.4 Å². The van der Waals surface area contributed by atoms with E-state index in [2.05, 4.69) is 10.3 Å². The van der Waals surface area contributed by atoms with E-state index in [1.807, 2.05) is 0 Å². The van der Waals surface area contributed by atoms with E-state index in [0.29, 0.717) is 22.1 Å². The lowest BCUT2D eigenvalue weighted by Gasteiger charge is -2.11. The molecule has 1 aliphatic heterocycles. The van der Waals surface area contributed by atoms with E-state index in [0.717, 1.165) is 28.4 Å². The van der Waals surface area contributed by atoms with Gasteiger partial charge in [0.15, 0.2) is 5.13 Å². The highest BCUT2D eigenvalue weighted by atomic mass is 32.1. The second-order valence-electron chi connectivity index (χ2n) is 5.95. The first-order chi connectivity index (χ1) is 13.4. The summed E-state index contributed by atoms with van der Waals surface area (Å²) in [5.74, 6) is -3.34. The van der Waals surface area contributed by atoms with Crippen LogP contribution in [0.1, 0.15) is 36.0 Å². The summed E-state index contributed by atoms with van der Waals surface area (Å²) >= 11 is 1.05. The molecule has 0 spiro atoms. The van der Waals surface area contributed by atoms with Crippen molar-refractivity contribution in [3.8, 4) is 0 Å². The van der Waals surface area contributed by atoms with E-state index < -0.39 is 29.4 Å². The Morgan fingerprint density at radius 3 is 2.39 bits per heavy atom. The molecule has 0 bridgehead atoms. The zero-order valence-electron chi connectivity index (χ0n) is 14.1. The Morgan fingerprint density at radius 1 is 1.07 bits per heavy atom. The predicted octanol–water partition coefficient (Wildman–Crippen LogP) is 3.47. The number of nitrogens with zero attached hydrogens (tertiary/aromatic N) is 2. The Hall–Kier alpha value is -3.46. The lowest BCUT2D eigenvalue weighted by molar-refractivity contribution is 0.0643. The molecule has 9 heteroatoms. The highest BCUT2D eigenvalue weighted by Crippen LogP contribution is 2.27. The largest absolute Gasteiger partial charge is 0.298 e. The third-order valence-electron chi connectivity index (χ3n) is 4.14. The number of thiazole rings is 1. The van der Waals surface area contributed by atoms with E-state index in [1.165, 1.54) is 6.20 Å². The van der Waals surface area contributed by atoms with E-state index in [1.54, 1.807) is 24.3 Å². The molecule has 0 radical (unpaired) electrons. The van der Waals surface area contributed by atoms with Crippen LogP contribution in [0.15, 0.2) is 48.7 Å². The third-order valence-corrected chi connectivity index (χ3v) is 5.04. The van der Waals surface area contributed by atoms with Gasteiger partial charge in [0, 0.05) is 17.1 Å². The van der Waals surface area contributed by atoms with Crippen LogP contribution in [0, 0.1) is 11.6 Å². The van der Waals surface area contributed by atoms with Crippen LogP contribution in [0.3, 0.4) is 0 Å². The maximum absolute atomic E-state index is 13.7. The highest BCUT2D eigenvalue weighted by molar-refractivity contribution is 7.15. The third kappa shape index (κ3) is 3.16. The molecule has 140 valence electrons. The molecule has 0 saturated carbocycles. The van der Waals surface area contributed by atoms with Gasteiger partial charge in [-0.3, -0.25) is 24.6 Å². The monoisotopic (exact) mass is 399 g/mol. The molecule has 3 amide bonds. The average molecular weight is 399 g/mol. The number of aromatic nitrogens is 1. The Bertz CT molecular complexity index is 1090. The van der Waals surface area contributed by atoms with Crippen LogP contribution in [0.4, 0.5) is 13.9 Å². The van der Waals surface area contributed by atoms with E-state index >= 15 is 0 Å². The van der Waals surface area contributed by atoms with Gasteiger partial charge < -0.3 is 0 Å². The number of carbonyl (C=O) groups excluding carboxylic acids is 3. The molecule has 1 aromatic heterocycles. The minimum absolute atomic E-state index is 0.00476. The minimum atomic E-state index is -0.986. The Kier molecular flexibility index (Phi) is 4.44. The van der Waals surface area contributed by atoms with Gasteiger partial charge in [0.1, 0.15) is 11.6 Å². The van der Waals surface area contributed by atoms with E-state index in [4.69, 9.17) is 0 Å². The SMILES string of the molecule is O=C(Nc1ncc(CN2C(=O)c3ccccc3C2=O)s1)c1ccc(F)cc1F. The average Bonchev–Trinajstić information content (AvgIpc) is 3.20. The molecule has 1 aliphatic rings. The summed E-state index contributed by atoms with van der Waals surface area (Å²) in [6.07, 6.45) is 1.42. The van der Waals surface area contributed by atoms with Crippen LogP contribution in [0.2, 0.25) is 0 Å². The van der Waals surface area contributed by atoms with Crippen molar-refractivity contribution in [3.05, 3.63) is 81.9 Å². The predicted molar refractivity (Wildman–Crippen MR) is 97.1 cm³/mol. The van der Waals surface area contributed by atoms with Gasteiger partial charge in [-0.15, -0.1) is 0 Å². The summed E-state index contributed by atoms with van der Waals surface area (Å²) in [5.41, 5.74) is 0.369. The van der Waals surface area contributed by atoms with E-state index in [9.17, 15) is 23.2 Å². The molecule has 2 heterocycles. The van der Waals surface area contributed by atoms with Crippen molar-refractivity contribution in [3.63, 3.8) is 0 Å². The number of hydrogen-bond donors (Lipinski definition) is 1. The molecular weight excluding hydrogens is 388 g/mol. The van der Waals surface area contributed by atoms with Crippen molar-refractivity contribution in [2.75, 3.05) is 5.32 Å². The summed E-state index contributed by atoms with van der Waals surface area (Å²) in [4.78, 5) is 42.6. The van der Waals surface area contributed by atoms with Gasteiger partial charge in [-0.25, -0.2) is 13.8 Å². The molecule has 6 nitrogen and oxygen atoms in total. The maximum Gasteiger partial charge on any atom is 0.261 e. The molecule has 0 atom stereocenters. The van der Waals surface area contributed by atoms with Gasteiger partial charge >= 0.3 is 0 Å². The number of nitrogens with one attached hydrogen (secondary N) is 1. The molecule has 4 rings (SSSR count). The van der Waals surface area contributed by atoms with Gasteiger partial charge in [-0.2, -0.15) is 0 Å². The van der Waals surface area contributed by atoms with Crippen molar-refractivity contribution in [1.29, 1.82) is 0 Å². The van der Waals surface area contributed by atoms with Gasteiger partial charge in [0.25, 0.3) is 17.7 Å². The fourth-order valence-corrected chi connectivity index (χ4v) is 3.61. The second kappa shape index (κ2) is 6.93. The standard InChI is InChI=1S/C19H11F2N3O3S/c20-10-5-6-14(15(21)7-10)16(25)23-19-22-8-11(28-19)9-24-17(26)12-3-1-2-4-13(12)18(24)27/h1-8H,9H2,(H,22,23,25). The summed E-state index contributed by atoms with van der Waals surface area (Å²) in [6.45, 7) is 0.00476. The van der Waals surface area contributed by atoms with Gasteiger partial charge in [0.05, 0.1) is 23.2 Å². The number of fused-ring (bicyclic) bond motifs is 1. The number of imide groups is 1. The fraction of sp³-hybridized carbons (Fsp3) is 0.0526. The molecule has 2 aromatic carbocycles. The molecular formula is C19H11F2N3O3S. The van der Waals surface area contributed by atoms with Crippen LogP contribution in [-0.4, -0.2) is 27.6 Å². The summed E-state index contributed by atoms with van der Waals surface area (Å²) in [7, 11) is 0. The number of benzene rings is 2. The first kappa shape index (κ1) is 17.9. The number of anilines is 1. The zero-order chi connectivity index (χ0) is 19.8. The number of halogens is 2. The summed E-state index contributed by atoms with van der Waals surface area (Å²) < 4.78 is 26.7. The zero-order valence-corrected chi connectivity index (χ0v) is 14.9. The fourth-order valence-electron chi connectivity index (χ4n) is 2.82. The van der Waals surface area contributed by atoms with Crippen molar-refractivity contribution in [2.24, 2.45) is 0 Å². The molecule has 0 aliphatic carbocycles. The van der Waals surface area contributed by atoms with Crippen LogP contribution >= 0.6 is 11.3 Å². The lowest BCUT2D eigenvalue weighted by atomic mass is 10.1. The second-order valence-corrected chi connectivity index (χ2v) is 7.07. The lowest BCUT2D eigenvalue weighted by Crippen LogP contribution is -2.28. The molecule has 0 fully saturated rings. The van der Waals surface area contributed by atoms with Crippen LogP contribution in [0.5, 0.6) is 0 Å². The van der Waals surface area contributed by atoms with Crippen LogP contribution in [0.25, 0.3) is 0 Å². The van der Waals surface area contributed by atoms with Gasteiger partial charge in [-0.05, 0) is 24.3 Å². The minimum Gasteiger partial charge on any atom is -0.298 e. The van der Waals surface area contributed by atoms with Gasteiger partial charge in [-0.1, -0.05) is 23.5 Å². The molecule has 28 heavy (non-hydrogen) atoms. The van der Waals surface area contributed by atoms with Crippen molar-refractivity contribution in [2.45, 2.75) is 6.54 Å². The number of carbonyl (C=O) groups is 3. The molecule has 0 saturated heterocycles. The Morgan fingerprint density at radius 2 is 1.75 bits per heavy atom. The number of rotatable bonds is 4. The highest BCUT2D eigenvalue weighted by Gasteiger charge is 2.35. The van der Waals surface area contributed by atoms with Crippen molar-refractivity contribution < 1.29 is 23.2 Å². The number of hydrogen-bond acceptors (Lipinski definition) is 5. The quantitative estimate of drug-likeness (QED) is 0.682. The van der Waals surface area contributed by atoms with Gasteiger partial charge in [0.2, 0.25) is 0 Å². The maximum atomic E-state index is 13.7. The van der Waals surface area contributed by atoms with Crippen LogP contribution < -0.4 is 5.32 Å². The smallest absolute Gasteiger partial charge is 0.261 e. The van der Waals surface area contributed by atoms with Crippen LogP contribution in [-0.2, 0) is 6.54 Å². The first-order valence-corrected chi connectivity index (χ1v) is 8.92. The van der Waals surface area contributed by atoms with E-state index in [-0.39, 0.29) is 17.2 Å². The normalized spacial score (nSPS) is 13.0. The molecule has 0 unspecified atom stereocenters. The van der Waals surface area contributed by atoms with Crippen molar-refractivity contribution in [1.82, 2.24) is 9.88 Å². The molecule has 3 aromatic rings.